The van der Waals surface area contributed by atoms with Crippen LogP contribution < -0.4 is 0 Å². The molecule has 0 unspecified atom stereocenters. The Morgan fingerprint density at radius 1 is 1.42 bits per heavy atom. The lowest BCUT2D eigenvalue weighted by Gasteiger charge is -2.16. The summed E-state index contributed by atoms with van der Waals surface area (Å²) in [7, 11) is 1.90. The first-order chi connectivity index (χ1) is 9.24. The van der Waals surface area contributed by atoms with E-state index in [1.165, 1.54) is 12.8 Å². The summed E-state index contributed by atoms with van der Waals surface area (Å²) in [5.41, 5.74) is 1.10. The van der Waals surface area contributed by atoms with Gasteiger partial charge in [0.1, 0.15) is 0 Å². The monoisotopic (exact) mass is 257 g/mol. The van der Waals surface area contributed by atoms with Crippen LogP contribution in [0.15, 0.2) is 30.5 Å². The molecular weight excluding hydrogens is 238 g/mol. The Labute approximate surface area is 113 Å². The first kappa shape index (κ1) is 12.2. The molecule has 0 aliphatic heterocycles. The van der Waals surface area contributed by atoms with Crippen LogP contribution >= 0.6 is 0 Å². The fourth-order valence-electron chi connectivity index (χ4n) is 2.39. The second-order valence-corrected chi connectivity index (χ2v) is 5.39. The van der Waals surface area contributed by atoms with Crippen molar-refractivity contribution in [3.8, 4) is 0 Å². The molecule has 3 rings (SSSR count). The third-order valence-corrected chi connectivity index (χ3v) is 3.74. The Morgan fingerprint density at radius 3 is 3.00 bits per heavy atom. The van der Waals surface area contributed by atoms with Crippen LogP contribution in [0, 0.1) is 5.92 Å². The molecule has 1 aliphatic carbocycles. The van der Waals surface area contributed by atoms with Crippen molar-refractivity contribution < 1.29 is 4.79 Å². The predicted octanol–water partition coefficient (Wildman–Crippen LogP) is 2.29. The maximum absolute atomic E-state index is 12.0. The Bertz CT molecular complexity index is 586. The van der Waals surface area contributed by atoms with Gasteiger partial charge < -0.3 is 4.90 Å². The number of aromatic nitrogens is 2. The van der Waals surface area contributed by atoms with Gasteiger partial charge in [-0.05, 0) is 24.8 Å². The van der Waals surface area contributed by atoms with E-state index < -0.39 is 0 Å². The van der Waals surface area contributed by atoms with Gasteiger partial charge in [0.2, 0.25) is 5.91 Å². The number of amides is 1. The number of carbonyl (C=O) groups excluding carboxylic acids is 1. The second kappa shape index (κ2) is 5.03. The third-order valence-electron chi connectivity index (χ3n) is 3.74. The summed E-state index contributed by atoms with van der Waals surface area (Å²) in [6, 6.07) is 8.09. The molecule has 19 heavy (non-hydrogen) atoms. The van der Waals surface area contributed by atoms with Gasteiger partial charge in [-0.2, -0.15) is 5.10 Å². The van der Waals surface area contributed by atoms with E-state index >= 15 is 0 Å². The fourth-order valence-corrected chi connectivity index (χ4v) is 2.39. The highest BCUT2D eigenvalue weighted by molar-refractivity contribution is 5.79. The van der Waals surface area contributed by atoms with Gasteiger partial charge in [0, 0.05) is 25.4 Å². The third kappa shape index (κ3) is 2.78. The lowest BCUT2D eigenvalue weighted by atomic mass is 10.2. The molecule has 1 amide bonds. The summed E-state index contributed by atoms with van der Waals surface area (Å²) in [4.78, 5) is 13.9. The fraction of sp³-hybridized carbons (Fsp3) is 0.467. The van der Waals surface area contributed by atoms with E-state index in [0.29, 0.717) is 13.0 Å². The topological polar surface area (TPSA) is 38.1 Å². The van der Waals surface area contributed by atoms with Gasteiger partial charge in [-0.1, -0.05) is 18.2 Å². The zero-order chi connectivity index (χ0) is 13.2. The summed E-state index contributed by atoms with van der Waals surface area (Å²) in [6.07, 6.45) is 4.94. The van der Waals surface area contributed by atoms with Crippen LogP contribution in [0.5, 0.6) is 0 Å². The first-order valence-electron chi connectivity index (χ1n) is 6.88. The van der Waals surface area contributed by atoms with Crippen molar-refractivity contribution in [3.05, 3.63) is 30.5 Å². The van der Waals surface area contributed by atoms with Crippen molar-refractivity contribution in [3.63, 3.8) is 0 Å². The largest absolute Gasteiger partial charge is 0.345 e. The zero-order valence-electron chi connectivity index (χ0n) is 11.2. The van der Waals surface area contributed by atoms with Crippen molar-refractivity contribution in [2.24, 2.45) is 5.92 Å². The van der Waals surface area contributed by atoms with E-state index in [0.717, 1.165) is 23.4 Å². The Balaban J connectivity index is 1.60. The number of para-hydroxylation sites is 1. The van der Waals surface area contributed by atoms with Crippen molar-refractivity contribution >= 4 is 16.8 Å². The van der Waals surface area contributed by atoms with E-state index in [1.54, 1.807) is 0 Å². The summed E-state index contributed by atoms with van der Waals surface area (Å²) >= 11 is 0. The van der Waals surface area contributed by atoms with Crippen LogP contribution in [0.4, 0.5) is 0 Å². The molecule has 1 heterocycles. The highest BCUT2D eigenvalue weighted by atomic mass is 16.2. The minimum Gasteiger partial charge on any atom is -0.345 e. The molecule has 0 N–H and O–H groups in total. The number of benzene rings is 1. The van der Waals surface area contributed by atoms with Gasteiger partial charge in [0.15, 0.2) is 0 Å². The summed E-state index contributed by atoms with van der Waals surface area (Å²) in [6.45, 7) is 1.57. The van der Waals surface area contributed by atoms with Crippen LogP contribution in [0.3, 0.4) is 0 Å². The Kier molecular flexibility index (Phi) is 3.23. The number of nitrogens with zero attached hydrogens (tertiary/aromatic N) is 3. The average molecular weight is 257 g/mol. The summed E-state index contributed by atoms with van der Waals surface area (Å²) < 4.78 is 1.91. The maximum Gasteiger partial charge on any atom is 0.224 e. The second-order valence-electron chi connectivity index (χ2n) is 5.39. The molecule has 4 heteroatoms. The quantitative estimate of drug-likeness (QED) is 0.824. The normalized spacial score (nSPS) is 14.8. The first-order valence-corrected chi connectivity index (χ1v) is 6.88. The molecule has 0 saturated heterocycles. The Hall–Kier alpha value is -1.84. The van der Waals surface area contributed by atoms with Gasteiger partial charge in [0.25, 0.3) is 0 Å². The highest BCUT2D eigenvalue weighted by Crippen LogP contribution is 2.29. The van der Waals surface area contributed by atoms with Crippen molar-refractivity contribution in [2.45, 2.75) is 25.8 Å². The molecular formula is C15H19N3O. The number of carbonyl (C=O) groups is 1. The van der Waals surface area contributed by atoms with E-state index in [2.05, 4.69) is 5.10 Å². The lowest BCUT2D eigenvalue weighted by Crippen LogP contribution is -2.29. The minimum atomic E-state index is 0.214. The SMILES string of the molecule is CN(CC1CC1)C(=O)CCn1ncc2ccccc21. The smallest absolute Gasteiger partial charge is 0.224 e. The molecule has 100 valence electrons. The molecule has 0 atom stereocenters. The van der Waals surface area contributed by atoms with Gasteiger partial charge in [-0.15, -0.1) is 0 Å². The summed E-state index contributed by atoms with van der Waals surface area (Å²) in [5, 5.41) is 5.47. The van der Waals surface area contributed by atoms with Gasteiger partial charge in [-0.25, -0.2) is 0 Å². The van der Waals surface area contributed by atoms with Crippen molar-refractivity contribution in [2.75, 3.05) is 13.6 Å². The van der Waals surface area contributed by atoms with Gasteiger partial charge >= 0.3 is 0 Å². The predicted molar refractivity (Wildman–Crippen MR) is 74.7 cm³/mol. The average Bonchev–Trinajstić information content (AvgIpc) is 3.14. The van der Waals surface area contributed by atoms with E-state index in [9.17, 15) is 4.79 Å². The van der Waals surface area contributed by atoms with Crippen LogP contribution in [-0.4, -0.2) is 34.2 Å². The number of hydrogen-bond donors (Lipinski definition) is 0. The number of fused-ring (bicyclic) bond motifs is 1. The highest BCUT2D eigenvalue weighted by Gasteiger charge is 2.24. The molecule has 1 aromatic heterocycles. The molecule has 1 aliphatic rings. The molecule has 1 fully saturated rings. The molecule has 4 nitrogen and oxygen atoms in total. The Morgan fingerprint density at radius 2 is 2.21 bits per heavy atom. The van der Waals surface area contributed by atoms with E-state index in [-0.39, 0.29) is 5.91 Å². The van der Waals surface area contributed by atoms with Crippen LogP contribution in [0.25, 0.3) is 10.9 Å². The zero-order valence-corrected chi connectivity index (χ0v) is 11.2. The molecule has 1 saturated carbocycles. The summed E-state index contributed by atoms with van der Waals surface area (Å²) in [5.74, 6) is 0.964. The number of hydrogen-bond acceptors (Lipinski definition) is 2. The molecule has 2 aromatic rings. The molecule has 0 bridgehead atoms. The number of rotatable bonds is 5. The maximum atomic E-state index is 12.0. The lowest BCUT2D eigenvalue weighted by molar-refractivity contribution is -0.130. The standard InChI is InChI=1S/C15H19N3O/c1-17(11-12-6-7-12)15(19)8-9-18-14-5-3-2-4-13(14)10-16-18/h2-5,10,12H,6-9,11H2,1H3. The van der Waals surface area contributed by atoms with Crippen LogP contribution in [-0.2, 0) is 11.3 Å². The molecule has 0 spiro atoms. The van der Waals surface area contributed by atoms with E-state index in [4.69, 9.17) is 0 Å². The van der Waals surface area contributed by atoms with Crippen LogP contribution in [0.2, 0.25) is 0 Å². The molecule has 1 aromatic carbocycles. The van der Waals surface area contributed by atoms with E-state index in [1.807, 2.05) is 47.1 Å². The van der Waals surface area contributed by atoms with Gasteiger partial charge in [0.05, 0.1) is 18.3 Å². The minimum absolute atomic E-state index is 0.214. The van der Waals surface area contributed by atoms with Crippen molar-refractivity contribution in [1.82, 2.24) is 14.7 Å². The molecule has 0 radical (unpaired) electrons. The van der Waals surface area contributed by atoms with Crippen molar-refractivity contribution in [1.29, 1.82) is 0 Å². The van der Waals surface area contributed by atoms with Crippen LogP contribution in [0.1, 0.15) is 19.3 Å². The van der Waals surface area contributed by atoms with Gasteiger partial charge in [-0.3, -0.25) is 9.48 Å². The number of aryl methyl sites for hydroxylation is 1.